The first-order valence-electron chi connectivity index (χ1n) is 4.38. The van der Waals surface area contributed by atoms with Crippen LogP contribution in [0, 0.1) is 5.41 Å². The number of allylic oxidation sites excluding steroid dienone is 1. The Morgan fingerprint density at radius 1 is 1.45 bits per heavy atom. The lowest BCUT2D eigenvalue weighted by molar-refractivity contribution is 0.425. The molecular weight excluding hydrogens is 200 g/mol. The second-order valence-electron chi connectivity index (χ2n) is 3.45. The third-order valence-corrected chi connectivity index (χ3v) is 3.43. The minimum absolute atomic E-state index is 0.315. The van der Waals surface area contributed by atoms with Gasteiger partial charge in [-0.05, 0) is 11.8 Å². The van der Waals surface area contributed by atoms with Crippen LogP contribution in [0.25, 0.3) is 0 Å². The highest BCUT2D eigenvalue weighted by atomic mass is 79.9. The number of hydrogen-bond donors (Lipinski definition) is 0. The van der Waals surface area contributed by atoms with Gasteiger partial charge in [0.1, 0.15) is 0 Å². The van der Waals surface area contributed by atoms with Gasteiger partial charge in [-0.25, -0.2) is 0 Å². The summed E-state index contributed by atoms with van der Waals surface area (Å²) in [6, 6.07) is 0. The van der Waals surface area contributed by atoms with E-state index in [1.807, 2.05) is 0 Å². The standard InChI is InChI=1S/C10H19Br/c1-4-6-7-8-10(3,5-2)9-11/h5H,2,4,6-9H2,1,3H3. The summed E-state index contributed by atoms with van der Waals surface area (Å²) in [5, 5.41) is 1.03. The van der Waals surface area contributed by atoms with Gasteiger partial charge >= 0.3 is 0 Å². The fourth-order valence-electron chi connectivity index (χ4n) is 1.00. The van der Waals surface area contributed by atoms with Crippen LogP contribution in [-0.4, -0.2) is 5.33 Å². The molecule has 0 amide bonds. The van der Waals surface area contributed by atoms with Crippen LogP contribution in [0.5, 0.6) is 0 Å². The van der Waals surface area contributed by atoms with Crippen molar-refractivity contribution in [2.45, 2.75) is 39.5 Å². The molecular formula is C10H19Br. The lowest BCUT2D eigenvalue weighted by Crippen LogP contribution is -2.14. The first kappa shape index (κ1) is 11.2. The molecule has 1 heteroatoms. The average Bonchev–Trinajstić information content (AvgIpc) is 2.05. The van der Waals surface area contributed by atoms with Gasteiger partial charge in [0.25, 0.3) is 0 Å². The summed E-state index contributed by atoms with van der Waals surface area (Å²) in [7, 11) is 0. The van der Waals surface area contributed by atoms with Crippen LogP contribution < -0.4 is 0 Å². The lowest BCUT2D eigenvalue weighted by atomic mass is 9.87. The molecule has 0 N–H and O–H groups in total. The normalized spacial score (nSPS) is 15.9. The Balaban J connectivity index is 3.60. The van der Waals surface area contributed by atoms with E-state index in [2.05, 4.69) is 42.4 Å². The van der Waals surface area contributed by atoms with Crippen LogP contribution in [0.1, 0.15) is 39.5 Å². The summed E-state index contributed by atoms with van der Waals surface area (Å²) in [4.78, 5) is 0. The number of halogens is 1. The Labute approximate surface area is 79.2 Å². The molecule has 11 heavy (non-hydrogen) atoms. The van der Waals surface area contributed by atoms with Gasteiger partial charge in [0.2, 0.25) is 0 Å². The van der Waals surface area contributed by atoms with Crippen molar-refractivity contribution in [2.75, 3.05) is 5.33 Å². The first-order valence-corrected chi connectivity index (χ1v) is 5.50. The summed E-state index contributed by atoms with van der Waals surface area (Å²) in [5.74, 6) is 0. The van der Waals surface area contributed by atoms with Gasteiger partial charge in [0.05, 0.1) is 0 Å². The second-order valence-corrected chi connectivity index (χ2v) is 4.01. The van der Waals surface area contributed by atoms with Gasteiger partial charge in [-0.2, -0.15) is 0 Å². The molecule has 1 unspecified atom stereocenters. The van der Waals surface area contributed by atoms with Crippen LogP contribution >= 0.6 is 15.9 Å². The van der Waals surface area contributed by atoms with Crippen LogP contribution in [0.3, 0.4) is 0 Å². The molecule has 0 aliphatic heterocycles. The maximum Gasteiger partial charge on any atom is 0.0120 e. The van der Waals surface area contributed by atoms with Gasteiger partial charge in [0, 0.05) is 5.33 Å². The smallest absolute Gasteiger partial charge is 0.0120 e. The Kier molecular flexibility index (Phi) is 5.93. The van der Waals surface area contributed by atoms with Gasteiger partial charge in [-0.15, -0.1) is 6.58 Å². The SMILES string of the molecule is C=CC(C)(CBr)CCCCC. The third-order valence-electron chi connectivity index (χ3n) is 2.15. The van der Waals surface area contributed by atoms with E-state index in [-0.39, 0.29) is 0 Å². The van der Waals surface area contributed by atoms with Crippen molar-refractivity contribution >= 4 is 15.9 Å². The van der Waals surface area contributed by atoms with Crippen molar-refractivity contribution in [3.8, 4) is 0 Å². The molecule has 0 aromatic carbocycles. The van der Waals surface area contributed by atoms with Crippen molar-refractivity contribution in [1.82, 2.24) is 0 Å². The van der Waals surface area contributed by atoms with E-state index in [4.69, 9.17) is 0 Å². The summed E-state index contributed by atoms with van der Waals surface area (Å²) >= 11 is 3.51. The third kappa shape index (κ3) is 4.62. The fraction of sp³-hybridized carbons (Fsp3) is 0.800. The maximum absolute atomic E-state index is 3.85. The molecule has 0 heterocycles. The highest BCUT2D eigenvalue weighted by Gasteiger charge is 2.16. The monoisotopic (exact) mass is 218 g/mol. The Morgan fingerprint density at radius 3 is 2.45 bits per heavy atom. The van der Waals surface area contributed by atoms with Gasteiger partial charge in [-0.1, -0.05) is 55.1 Å². The molecule has 0 nitrogen and oxygen atoms in total. The molecule has 0 aromatic rings. The molecule has 1 atom stereocenters. The lowest BCUT2D eigenvalue weighted by Gasteiger charge is -2.22. The summed E-state index contributed by atoms with van der Waals surface area (Å²) < 4.78 is 0. The Bertz CT molecular complexity index is 109. The van der Waals surface area contributed by atoms with Gasteiger partial charge in [-0.3, -0.25) is 0 Å². The highest BCUT2D eigenvalue weighted by Crippen LogP contribution is 2.27. The average molecular weight is 219 g/mol. The van der Waals surface area contributed by atoms with Gasteiger partial charge in [0.15, 0.2) is 0 Å². The zero-order valence-electron chi connectivity index (χ0n) is 7.70. The molecule has 0 aromatic heterocycles. The molecule has 0 fully saturated rings. The molecule has 0 spiro atoms. The molecule has 0 rings (SSSR count). The number of alkyl halides is 1. The summed E-state index contributed by atoms with van der Waals surface area (Å²) in [5.41, 5.74) is 0.315. The first-order chi connectivity index (χ1) is 5.18. The van der Waals surface area contributed by atoms with Crippen molar-refractivity contribution in [3.63, 3.8) is 0 Å². The van der Waals surface area contributed by atoms with Crippen molar-refractivity contribution < 1.29 is 0 Å². The summed E-state index contributed by atoms with van der Waals surface area (Å²) in [6.07, 6.45) is 7.30. The maximum atomic E-state index is 3.85. The van der Waals surface area contributed by atoms with Crippen LogP contribution in [0.4, 0.5) is 0 Å². The zero-order valence-corrected chi connectivity index (χ0v) is 9.28. The number of unbranched alkanes of at least 4 members (excludes halogenated alkanes) is 2. The van der Waals surface area contributed by atoms with Crippen LogP contribution in [0.2, 0.25) is 0 Å². The van der Waals surface area contributed by atoms with E-state index in [0.29, 0.717) is 5.41 Å². The predicted octanol–water partition coefficient (Wildman–Crippen LogP) is 4.15. The van der Waals surface area contributed by atoms with E-state index in [0.717, 1.165) is 5.33 Å². The van der Waals surface area contributed by atoms with Crippen molar-refractivity contribution in [1.29, 1.82) is 0 Å². The topological polar surface area (TPSA) is 0 Å². The Morgan fingerprint density at radius 2 is 2.09 bits per heavy atom. The second kappa shape index (κ2) is 5.82. The van der Waals surface area contributed by atoms with E-state index < -0.39 is 0 Å². The molecule has 0 saturated carbocycles. The number of rotatable bonds is 6. The van der Waals surface area contributed by atoms with Crippen LogP contribution in [-0.2, 0) is 0 Å². The predicted molar refractivity (Wildman–Crippen MR) is 56.2 cm³/mol. The van der Waals surface area contributed by atoms with Crippen molar-refractivity contribution in [2.24, 2.45) is 5.41 Å². The van der Waals surface area contributed by atoms with Crippen molar-refractivity contribution in [3.05, 3.63) is 12.7 Å². The molecule has 0 radical (unpaired) electrons. The quantitative estimate of drug-likeness (QED) is 0.357. The molecule has 66 valence electrons. The van der Waals surface area contributed by atoms with E-state index in [1.54, 1.807) is 0 Å². The number of hydrogen-bond acceptors (Lipinski definition) is 0. The zero-order chi connectivity index (χ0) is 8.74. The molecule has 0 aliphatic carbocycles. The van der Waals surface area contributed by atoms with E-state index in [9.17, 15) is 0 Å². The molecule has 0 bridgehead atoms. The van der Waals surface area contributed by atoms with Gasteiger partial charge < -0.3 is 0 Å². The largest absolute Gasteiger partial charge is 0.103 e. The summed E-state index contributed by atoms with van der Waals surface area (Å²) in [6.45, 7) is 8.34. The van der Waals surface area contributed by atoms with Crippen LogP contribution in [0.15, 0.2) is 12.7 Å². The minimum Gasteiger partial charge on any atom is -0.103 e. The highest BCUT2D eigenvalue weighted by molar-refractivity contribution is 9.09. The fourth-order valence-corrected chi connectivity index (χ4v) is 1.51. The Hall–Kier alpha value is 0.220. The molecule has 0 saturated heterocycles. The molecule has 0 aliphatic rings. The van der Waals surface area contributed by atoms with E-state index >= 15 is 0 Å². The minimum atomic E-state index is 0.315. The van der Waals surface area contributed by atoms with E-state index in [1.165, 1.54) is 25.7 Å².